The molecule has 208 valence electrons. The summed E-state index contributed by atoms with van der Waals surface area (Å²) < 4.78 is 15.5. The highest BCUT2D eigenvalue weighted by Crippen LogP contribution is 2.24. The first-order valence-electron chi connectivity index (χ1n) is 13.4. The molecule has 1 aliphatic heterocycles. The predicted octanol–water partition coefficient (Wildman–Crippen LogP) is 6.49. The summed E-state index contributed by atoms with van der Waals surface area (Å²) in [6.45, 7) is 19.2. The van der Waals surface area contributed by atoms with Crippen LogP contribution in [0.15, 0.2) is 78.9 Å². The molecule has 3 aromatic rings. The maximum atomic E-state index is 13.5. The van der Waals surface area contributed by atoms with Gasteiger partial charge in [0.05, 0.1) is 11.4 Å². The molecule has 2 aromatic heterocycles. The van der Waals surface area contributed by atoms with Gasteiger partial charge in [-0.2, -0.15) is 5.10 Å². The van der Waals surface area contributed by atoms with Crippen molar-refractivity contribution in [2.45, 2.75) is 48.1 Å². The van der Waals surface area contributed by atoms with E-state index in [1.54, 1.807) is 24.2 Å². The molecule has 0 bridgehead atoms. The Labute approximate surface area is 232 Å². The largest absolute Gasteiger partial charge is 0.353 e. The van der Waals surface area contributed by atoms with Crippen molar-refractivity contribution in [1.82, 2.24) is 24.6 Å². The van der Waals surface area contributed by atoms with Crippen LogP contribution in [0.4, 0.5) is 10.2 Å². The number of aromatic nitrogens is 4. The molecule has 1 aliphatic rings. The van der Waals surface area contributed by atoms with Crippen LogP contribution in [0, 0.1) is 6.92 Å². The Balaban J connectivity index is 0.000000273. The van der Waals surface area contributed by atoms with Gasteiger partial charge in [-0.1, -0.05) is 56.8 Å². The van der Waals surface area contributed by atoms with Crippen molar-refractivity contribution in [1.29, 1.82) is 0 Å². The second-order valence-corrected chi connectivity index (χ2v) is 8.89. The molecule has 0 N–H and O–H groups in total. The molecule has 8 heteroatoms. The Morgan fingerprint density at radius 1 is 1.03 bits per heavy atom. The Kier molecular flexibility index (Phi) is 12.8. The van der Waals surface area contributed by atoms with Gasteiger partial charge in [0.2, 0.25) is 6.41 Å². The van der Waals surface area contributed by atoms with E-state index in [1.807, 2.05) is 62.7 Å². The fourth-order valence-corrected chi connectivity index (χ4v) is 3.79. The Hall–Kier alpha value is -4.07. The second kappa shape index (κ2) is 16.0. The van der Waals surface area contributed by atoms with E-state index in [-0.39, 0.29) is 5.83 Å². The molecule has 39 heavy (non-hydrogen) atoms. The lowest BCUT2D eigenvalue weighted by molar-refractivity contribution is -0.118. The number of piperazine rings is 1. The molecule has 0 atom stereocenters. The third kappa shape index (κ3) is 9.32. The molecular formula is C31H41FN6O. The van der Waals surface area contributed by atoms with Crippen LogP contribution in [-0.4, -0.2) is 57.2 Å². The van der Waals surface area contributed by atoms with Gasteiger partial charge in [-0.25, -0.2) is 14.4 Å². The minimum atomic E-state index is -0.308. The molecule has 7 nitrogen and oxygen atoms in total. The number of carbonyl (C=O) groups is 1. The van der Waals surface area contributed by atoms with Crippen LogP contribution in [0.1, 0.15) is 46.0 Å². The summed E-state index contributed by atoms with van der Waals surface area (Å²) in [5, 5.41) is 4.60. The summed E-state index contributed by atoms with van der Waals surface area (Å²) in [5.74, 6) is 0.644. The highest BCUT2D eigenvalue weighted by molar-refractivity contribution is 5.69. The summed E-state index contributed by atoms with van der Waals surface area (Å²) in [6.07, 6.45) is 5.66. The Morgan fingerprint density at radius 3 is 2.26 bits per heavy atom. The van der Waals surface area contributed by atoms with Crippen LogP contribution >= 0.6 is 0 Å². The van der Waals surface area contributed by atoms with Gasteiger partial charge in [0.1, 0.15) is 18.0 Å². The number of nitrogens with zero attached hydrogens (tertiary/aromatic N) is 6. The van der Waals surface area contributed by atoms with Crippen molar-refractivity contribution in [2.75, 3.05) is 31.1 Å². The molecule has 0 saturated carbocycles. The number of allylic oxidation sites excluding steroid dienone is 5. The summed E-state index contributed by atoms with van der Waals surface area (Å²) in [4.78, 5) is 22.8. The number of amides is 1. The van der Waals surface area contributed by atoms with Crippen molar-refractivity contribution in [3.05, 3.63) is 90.3 Å². The van der Waals surface area contributed by atoms with Crippen molar-refractivity contribution in [3.63, 3.8) is 0 Å². The molecule has 4 rings (SSSR count). The molecular weight excluding hydrogens is 491 g/mol. The van der Waals surface area contributed by atoms with E-state index in [1.165, 1.54) is 6.08 Å². The minimum absolute atomic E-state index is 0.308. The highest BCUT2D eigenvalue weighted by atomic mass is 19.1. The van der Waals surface area contributed by atoms with Gasteiger partial charge >= 0.3 is 0 Å². The van der Waals surface area contributed by atoms with Crippen LogP contribution in [0.5, 0.6) is 0 Å². The molecule has 0 aliphatic carbocycles. The average Bonchev–Trinajstić information content (AvgIpc) is 3.42. The second-order valence-electron chi connectivity index (χ2n) is 8.89. The third-order valence-corrected chi connectivity index (χ3v) is 6.02. The van der Waals surface area contributed by atoms with Gasteiger partial charge in [0.25, 0.3) is 0 Å². The molecule has 1 amide bonds. The van der Waals surface area contributed by atoms with Gasteiger partial charge in [-0.05, 0) is 56.5 Å². The van der Waals surface area contributed by atoms with E-state index in [9.17, 15) is 9.18 Å². The number of halogens is 1. The van der Waals surface area contributed by atoms with Gasteiger partial charge in [0.15, 0.2) is 0 Å². The highest BCUT2D eigenvalue weighted by Gasteiger charge is 2.16. The summed E-state index contributed by atoms with van der Waals surface area (Å²) >= 11 is 0. The van der Waals surface area contributed by atoms with Crippen LogP contribution in [0.3, 0.4) is 0 Å². The Morgan fingerprint density at radius 2 is 1.69 bits per heavy atom. The fraction of sp³-hybridized carbons (Fsp3) is 0.355. The van der Waals surface area contributed by atoms with E-state index >= 15 is 0 Å². The van der Waals surface area contributed by atoms with Gasteiger partial charge in [0, 0.05) is 44.5 Å². The molecule has 1 saturated heterocycles. The van der Waals surface area contributed by atoms with Crippen molar-refractivity contribution < 1.29 is 9.18 Å². The van der Waals surface area contributed by atoms with E-state index in [2.05, 4.69) is 45.6 Å². The van der Waals surface area contributed by atoms with Crippen LogP contribution in [0.25, 0.3) is 16.8 Å². The first kappa shape index (κ1) is 31.1. The van der Waals surface area contributed by atoms with E-state index in [0.29, 0.717) is 5.57 Å². The predicted molar refractivity (Wildman–Crippen MR) is 159 cm³/mol. The lowest BCUT2D eigenvalue weighted by Gasteiger charge is -2.33. The SMILES string of the molecule is C=C(C)/C(F)=C\C=C(/C)c1cc(-c2ccccc2)n(CC)n1.CC.Cc1cc(N2CCN(C=O)CC2)ncn1. The maximum Gasteiger partial charge on any atom is 0.209 e. The van der Waals surface area contributed by atoms with E-state index in [4.69, 9.17) is 0 Å². The maximum absolute atomic E-state index is 13.5. The normalized spacial score (nSPS) is 13.6. The van der Waals surface area contributed by atoms with Gasteiger partial charge < -0.3 is 9.80 Å². The Bertz CT molecular complexity index is 1260. The zero-order chi connectivity index (χ0) is 28.8. The van der Waals surface area contributed by atoms with Gasteiger partial charge in [-0.3, -0.25) is 9.48 Å². The summed E-state index contributed by atoms with van der Waals surface area (Å²) in [5.41, 5.74) is 5.35. The van der Waals surface area contributed by atoms with Crippen LogP contribution < -0.4 is 4.90 Å². The molecule has 1 fully saturated rings. The number of hydrogen-bond donors (Lipinski definition) is 0. The van der Waals surface area contributed by atoms with E-state index in [0.717, 1.165) is 73.2 Å². The van der Waals surface area contributed by atoms with Crippen molar-refractivity contribution >= 4 is 17.8 Å². The minimum Gasteiger partial charge on any atom is -0.353 e. The third-order valence-electron chi connectivity index (χ3n) is 6.02. The van der Waals surface area contributed by atoms with Crippen molar-refractivity contribution in [3.8, 4) is 11.3 Å². The number of aryl methyl sites for hydroxylation is 2. The molecule has 3 heterocycles. The lowest BCUT2D eigenvalue weighted by Crippen LogP contribution is -2.46. The quantitative estimate of drug-likeness (QED) is 0.257. The molecule has 1 aromatic carbocycles. The number of rotatable bonds is 7. The molecule has 0 unspecified atom stereocenters. The number of benzene rings is 1. The van der Waals surface area contributed by atoms with Gasteiger partial charge in [-0.15, -0.1) is 0 Å². The lowest BCUT2D eigenvalue weighted by atomic mass is 10.1. The van der Waals surface area contributed by atoms with Crippen LogP contribution in [0.2, 0.25) is 0 Å². The topological polar surface area (TPSA) is 67.2 Å². The smallest absolute Gasteiger partial charge is 0.209 e. The summed E-state index contributed by atoms with van der Waals surface area (Å²) in [6, 6.07) is 14.1. The number of carbonyl (C=O) groups excluding carboxylic acids is 1. The van der Waals surface area contributed by atoms with Crippen LogP contribution in [-0.2, 0) is 11.3 Å². The number of hydrogen-bond acceptors (Lipinski definition) is 5. The number of anilines is 1. The molecule has 0 radical (unpaired) electrons. The summed E-state index contributed by atoms with van der Waals surface area (Å²) in [7, 11) is 0. The first-order chi connectivity index (χ1) is 18.8. The zero-order valence-electron chi connectivity index (χ0n) is 24.1. The first-order valence-corrected chi connectivity index (χ1v) is 13.4. The zero-order valence-corrected chi connectivity index (χ0v) is 24.1. The fourth-order valence-electron chi connectivity index (χ4n) is 3.79. The standard InChI is InChI=1S/C19H21FN2.C10H14N4O.C2H6/c1-5-22-19(16-9-7-6-8-10-16)13-18(21-22)15(4)11-12-17(20)14(2)3;1-9-6-10(12-7-11-9)14-4-2-13(8-15)3-5-14;1-2/h6-13H,2,5H2,1,3-4H3;6-8H,2-5H2,1H3;1-2H3/b15-11+,17-12+;;. The monoisotopic (exact) mass is 532 g/mol. The van der Waals surface area contributed by atoms with E-state index < -0.39 is 0 Å². The van der Waals surface area contributed by atoms with Crippen molar-refractivity contribution in [2.24, 2.45) is 0 Å². The average molecular weight is 533 g/mol. The molecule has 0 spiro atoms.